The van der Waals surface area contributed by atoms with Crippen LogP contribution in [0.4, 0.5) is 0 Å². The number of rotatable bonds is 3. The summed E-state index contributed by atoms with van der Waals surface area (Å²) >= 11 is 4.00. The van der Waals surface area contributed by atoms with Crippen LogP contribution in [-0.4, -0.2) is 4.83 Å². The van der Waals surface area contributed by atoms with E-state index in [1.165, 1.54) is 68.1 Å². The van der Waals surface area contributed by atoms with Crippen molar-refractivity contribution in [3.8, 4) is 0 Å². The molecule has 0 N–H and O–H groups in total. The summed E-state index contributed by atoms with van der Waals surface area (Å²) in [6.45, 7) is 4.44. The van der Waals surface area contributed by atoms with Crippen molar-refractivity contribution in [2.24, 2.45) is 5.92 Å². The van der Waals surface area contributed by atoms with Gasteiger partial charge in [0.15, 0.2) is 0 Å². The Balaban J connectivity index is 1.98. The van der Waals surface area contributed by atoms with Crippen molar-refractivity contribution in [2.75, 3.05) is 0 Å². The van der Waals surface area contributed by atoms with Crippen LogP contribution >= 0.6 is 15.9 Å². The van der Waals surface area contributed by atoms with E-state index in [1.807, 2.05) is 0 Å². The van der Waals surface area contributed by atoms with Gasteiger partial charge in [-0.1, -0.05) is 71.8 Å². The molecule has 1 aliphatic rings. The van der Waals surface area contributed by atoms with Crippen molar-refractivity contribution in [3.63, 3.8) is 0 Å². The molecule has 0 aromatic heterocycles. The number of benzene rings is 1. The van der Waals surface area contributed by atoms with E-state index in [9.17, 15) is 0 Å². The quantitative estimate of drug-likeness (QED) is 0.601. The summed E-state index contributed by atoms with van der Waals surface area (Å²) in [4.78, 5) is 0.658. The number of aryl methyl sites for hydroxylation is 2. The van der Waals surface area contributed by atoms with Gasteiger partial charge in [0.1, 0.15) is 0 Å². The predicted octanol–water partition coefficient (Wildman–Crippen LogP) is 5.97. The van der Waals surface area contributed by atoms with Crippen LogP contribution < -0.4 is 0 Å². The molecule has 0 bridgehead atoms. The molecule has 1 aromatic carbocycles. The highest BCUT2D eigenvalue weighted by atomic mass is 79.9. The van der Waals surface area contributed by atoms with Crippen LogP contribution in [0.15, 0.2) is 18.2 Å². The lowest BCUT2D eigenvalue weighted by Crippen LogP contribution is -2.19. The van der Waals surface area contributed by atoms with E-state index in [4.69, 9.17) is 0 Å². The SMILES string of the molecule is Cc1ccc(C)c(CC(Br)C2CCCCCCC2)c1. The van der Waals surface area contributed by atoms with Crippen molar-refractivity contribution in [2.45, 2.75) is 70.0 Å². The Kier molecular flexibility index (Phi) is 5.94. The zero-order valence-electron chi connectivity index (χ0n) is 12.4. The molecule has 1 fully saturated rings. The number of alkyl halides is 1. The molecule has 0 amide bonds. The zero-order valence-corrected chi connectivity index (χ0v) is 14.0. The van der Waals surface area contributed by atoms with E-state index >= 15 is 0 Å². The van der Waals surface area contributed by atoms with Gasteiger partial charge in [0.2, 0.25) is 0 Å². The van der Waals surface area contributed by atoms with Gasteiger partial charge in [-0.15, -0.1) is 0 Å². The highest BCUT2D eigenvalue weighted by molar-refractivity contribution is 9.09. The van der Waals surface area contributed by atoms with E-state index in [-0.39, 0.29) is 0 Å². The van der Waals surface area contributed by atoms with Crippen LogP contribution in [0.25, 0.3) is 0 Å². The Labute approximate surface area is 127 Å². The molecule has 0 heterocycles. The molecule has 0 radical (unpaired) electrons. The summed E-state index contributed by atoms with van der Waals surface area (Å²) < 4.78 is 0. The van der Waals surface area contributed by atoms with Crippen molar-refractivity contribution < 1.29 is 0 Å². The Morgan fingerprint density at radius 3 is 2.37 bits per heavy atom. The summed E-state index contributed by atoms with van der Waals surface area (Å²) in [5.41, 5.74) is 4.36. The topological polar surface area (TPSA) is 0 Å². The molecule has 106 valence electrons. The van der Waals surface area contributed by atoms with Gasteiger partial charge in [-0.25, -0.2) is 0 Å². The normalized spacial score (nSPS) is 19.7. The maximum atomic E-state index is 4.00. The molecular formula is C18H27Br. The maximum absolute atomic E-state index is 4.00. The van der Waals surface area contributed by atoms with Gasteiger partial charge in [0.05, 0.1) is 0 Å². The van der Waals surface area contributed by atoms with E-state index in [0.717, 1.165) is 5.92 Å². The summed E-state index contributed by atoms with van der Waals surface area (Å²) in [6.07, 6.45) is 11.2. The highest BCUT2D eigenvalue weighted by Gasteiger charge is 2.20. The van der Waals surface area contributed by atoms with E-state index in [0.29, 0.717) is 4.83 Å². The second-order valence-corrected chi connectivity index (χ2v) is 7.43. The average molecular weight is 323 g/mol. The van der Waals surface area contributed by atoms with Crippen LogP contribution in [-0.2, 0) is 6.42 Å². The summed E-state index contributed by atoms with van der Waals surface area (Å²) in [7, 11) is 0. The molecular weight excluding hydrogens is 296 g/mol. The summed E-state index contributed by atoms with van der Waals surface area (Å²) in [5, 5.41) is 0. The average Bonchev–Trinajstić information content (AvgIpc) is 2.33. The van der Waals surface area contributed by atoms with Gasteiger partial charge in [0.25, 0.3) is 0 Å². The number of halogens is 1. The molecule has 2 rings (SSSR count). The minimum absolute atomic E-state index is 0.658. The van der Waals surface area contributed by atoms with Gasteiger partial charge in [-0.2, -0.15) is 0 Å². The molecule has 1 heteroatoms. The maximum Gasteiger partial charge on any atom is 0.0214 e. The minimum Gasteiger partial charge on any atom is -0.0884 e. The standard InChI is InChI=1S/C18H27Br/c1-14-10-11-15(2)17(12-14)13-18(19)16-8-6-4-3-5-7-9-16/h10-12,16,18H,3-9,13H2,1-2H3. The first kappa shape index (κ1) is 15.1. The van der Waals surface area contributed by atoms with Crippen LogP contribution in [0.3, 0.4) is 0 Å². The van der Waals surface area contributed by atoms with Crippen LogP contribution in [0.5, 0.6) is 0 Å². The molecule has 0 spiro atoms. The molecule has 1 unspecified atom stereocenters. The Hall–Kier alpha value is -0.300. The van der Waals surface area contributed by atoms with Gasteiger partial charge in [-0.05, 0) is 50.2 Å². The first-order valence-corrected chi connectivity index (χ1v) is 8.78. The lowest BCUT2D eigenvalue weighted by atomic mass is 9.86. The smallest absolute Gasteiger partial charge is 0.0214 e. The van der Waals surface area contributed by atoms with Gasteiger partial charge >= 0.3 is 0 Å². The lowest BCUT2D eigenvalue weighted by Gasteiger charge is -2.25. The fraction of sp³-hybridized carbons (Fsp3) is 0.667. The van der Waals surface area contributed by atoms with Gasteiger partial charge in [-0.3, -0.25) is 0 Å². The molecule has 0 saturated heterocycles. The molecule has 1 aliphatic carbocycles. The molecule has 0 aliphatic heterocycles. The molecule has 1 saturated carbocycles. The van der Waals surface area contributed by atoms with E-state index in [1.54, 1.807) is 0 Å². The van der Waals surface area contributed by atoms with Crippen molar-refractivity contribution in [3.05, 3.63) is 34.9 Å². The first-order valence-electron chi connectivity index (χ1n) is 7.87. The summed E-state index contributed by atoms with van der Waals surface area (Å²) in [5.74, 6) is 0.875. The molecule has 0 nitrogen and oxygen atoms in total. The molecule has 19 heavy (non-hydrogen) atoms. The Morgan fingerprint density at radius 2 is 1.68 bits per heavy atom. The van der Waals surface area contributed by atoms with Gasteiger partial charge < -0.3 is 0 Å². The molecule has 1 aromatic rings. The van der Waals surface area contributed by atoms with Crippen molar-refractivity contribution in [1.29, 1.82) is 0 Å². The first-order chi connectivity index (χ1) is 9.16. The fourth-order valence-corrected chi connectivity index (χ4v) is 4.12. The third-order valence-corrected chi connectivity index (χ3v) is 5.65. The largest absolute Gasteiger partial charge is 0.0884 e. The second-order valence-electron chi connectivity index (χ2n) is 6.26. The molecule has 1 atom stereocenters. The Morgan fingerprint density at radius 1 is 1.05 bits per heavy atom. The van der Waals surface area contributed by atoms with Crippen LogP contribution in [0.2, 0.25) is 0 Å². The number of hydrogen-bond acceptors (Lipinski definition) is 0. The zero-order chi connectivity index (χ0) is 13.7. The van der Waals surface area contributed by atoms with E-state index in [2.05, 4.69) is 48.0 Å². The highest BCUT2D eigenvalue weighted by Crippen LogP contribution is 2.31. The summed E-state index contributed by atoms with van der Waals surface area (Å²) in [6, 6.07) is 6.85. The fourth-order valence-electron chi connectivity index (χ4n) is 3.25. The lowest BCUT2D eigenvalue weighted by molar-refractivity contribution is 0.370. The monoisotopic (exact) mass is 322 g/mol. The number of hydrogen-bond donors (Lipinski definition) is 0. The van der Waals surface area contributed by atoms with Crippen LogP contribution in [0, 0.1) is 19.8 Å². The third-order valence-electron chi connectivity index (χ3n) is 4.58. The van der Waals surface area contributed by atoms with Crippen molar-refractivity contribution >= 4 is 15.9 Å². The third kappa shape index (κ3) is 4.63. The predicted molar refractivity (Wildman–Crippen MR) is 88.1 cm³/mol. The second kappa shape index (κ2) is 7.47. The van der Waals surface area contributed by atoms with Crippen LogP contribution in [0.1, 0.15) is 61.6 Å². The Bertz CT molecular complexity index is 389. The minimum atomic E-state index is 0.658. The van der Waals surface area contributed by atoms with Gasteiger partial charge in [0, 0.05) is 4.83 Å². The van der Waals surface area contributed by atoms with Crippen molar-refractivity contribution in [1.82, 2.24) is 0 Å². The van der Waals surface area contributed by atoms with E-state index < -0.39 is 0 Å².